The summed E-state index contributed by atoms with van der Waals surface area (Å²) in [5, 5.41) is 8.51. The molecule has 0 bridgehead atoms. The Morgan fingerprint density at radius 2 is 1.80 bits per heavy atom. The van der Waals surface area contributed by atoms with Crippen molar-refractivity contribution in [1.29, 1.82) is 0 Å². The van der Waals surface area contributed by atoms with Gasteiger partial charge < -0.3 is 10.0 Å². The maximum atomic E-state index is 14.1. The Morgan fingerprint density at radius 3 is 2.20 bits per heavy atom. The Hall–Kier alpha value is -1.91. The summed E-state index contributed by atoms with van der Waals surface area (Å²) >= 11 is 0. The van der Waals surface area contributed by atoms with Gasteiger partial charge in [-0.05, 0) is 36.6 Å². The SMILES string of the molecule is CCC(CC)N(C)c1c(F)cc(C=CC(=O)O)cc1F. The summed E-state index contributed by atoms with van der Waals surface area (Å²) in [7, 11) is 1.66. The molecule has 0 aliphatic carbocycles. The lowest BCUT2D eigenvalue weighted by atomic mass is 10.1. The molecule has 1 aromatic carbocycles. The van der Waals surface area contributed by atoms with E-state index in [1.807, 2.05) is 13.8 Å². The summed E-state index contributed by atoms with van der Waals surface area (Å²) < 4.78 is 28.1. The van der Waals surface area contributed by atoms with E-state index in [2.05, 4.69) is 0 Å². The number of carboxylic acids is 1. The van der Waals surface area contributed by atoms with Gasteiger partial charge in [0.1, 0.15) is 17.3 Å². The van der Waals surface area contributed by atoms with Crippen LogP contribution < -0.4 is 4.90 Å². The van der Waals surface area contributed by atoms with Crippen LogP contribution in [0, 0.1) is 11.6 Å². The number of aliphatic carboxylic acids is 1. The number of hydrogen-bond donors (Lipinski definition) is 1. The zero-order valence-electron chi connectivity index (χ0n) is 11.9. The minimum Gasteiger partial charge on any atom is -0.478 e. The molecule has 20 heavy (non-hydrogen) atoms. The molecule has 0 fully saturated rings. The van der Waals surface area contributed by atoms with E-state index in [0.717, 1.165) is 37.1 Å². The molecule has 0 aliphatic heterocycles. The first-order valence-corrected chi connectivity index (χ1v) is 6.53. The molecule has 0 radical (unpaired) electrons. The second-order valence-electron chi connectivity index (χ2n) is 4.59. The molecule has 0 heterocycles. The Kier molecular flexibility index (Phi) is 5.67. The quantitative estimate of drug-likeness (QED) is 0.809. The van der Waals surface area contributed by atoms with Crippen molar-refractivity contribution in [2.45, 2.75) is 32.7 Å². The maximum Gasteiger partial charge on any atom is 0.328 e. The van der Waals surface area contributed by atoms with Crippen LogP contribution >= 0.6 is 0 Å². The molecule has 1 N–H and O–H groups in total. The van der Waals surface area contributed by atoms with Crippen LogP contribution in [0.4, 0.5) is 14.5 Å². The van der Waals surface area contributed by atoms with Gasteiger partial charge in [-0.15, -0.1) is 0 Å². The predicted octanol–water partition coefficient (Wildman–Crippen LogP) is 3.69. The molecule has 3 nitrogen and oxygen atoms in total. The van der Waals surface area contributed by atoms with Gasteiger partial charge >= 0.3 is 5.97 Å². The van der Waals surface area contributed by atoms with E-state index in [1.165, 1.54) is 0 Å². The summed E-state index contributed by atoms with van der Waals surface area (Å²) in [4.78, 5) is 12.0. The van der Waals surface area contributed by atoms with Crippen molar-refractivity contribution in [2.75, 3.05) is 11.9 Å². The van der Waals surface area contributed by atoms with Crippen molar-refractivity contribution in [3.05, 3.63) is 35.4 Å². The molecular formula is C15H19F2NO2. The fourth-order valence-electron chi connectivity index (χ4n) is 2.20. The lowest BCUT2D eigenvalue weighted by molar-refractivity contribution is -0.131. The Bertz CT molecular complexity index is 488. The molecule has 0 amide bonds. The first kappa shape index (κ1) is 16.1. The average Bonchev–Trinajstić information content (AvgIpc) is 2.37. The standard InChI is InChI=1S/C15H19F2NO2/c1-4-11(5-2)18(3)15-12(16)8-10(9-13(15)17)6-7-14(19)20/h6-9,11H,4-5H2,1-3H3,(H,19,20). The number of carbonyl (C=O) groups is 1. The second-order valence-corrected chi connectivity index (χ2v) is 4.59. The van der Waals surface area contributed by atoms with Crippen LogP contribution in [-0.4, -0.2) is 24.2 Å². The van der Waals surface area contributed by atoms with E-state index in [1.54, 1.807) is 11.9 Å². The smallest absolute Gasteiger partial charge is 0.328 e. The zero-order chi connectivity index (χ0) is 15.3. The molecule has 0 saturated heterocycles. The molecule has 0 aromatic heterocycles. The highest BCUT2D eigenvalue weighted by Crippen LogP contribution is 2.27. The number of rotatable bonds is 6. The summed E-state index contributed by atoms with van der Waals surface area (Å²) in [6.45, 7) is 3.93. The van der Waals surface area contributed by atoms with Crippen molar-refractivity contribution in [2.24, 2.45) is 0 Å². The molecule has 0 aliphatic rings. The first-order chi connectivity index (χ1) is 9.40. The maximum absolute atomic E-state index is 14.1. The Morgan fingerprint density at radius 1 is 1.30 bits per heavy atom. The monoisotopic (exact) mass is 283 g/mol. The van der Waals surface area contributed by atoms with Gasteiger partial charge in [0.25, 0.3) is 0 Å². The normalized spacial score (nSPS) is 11.3. The molecule has 1 aromatic rings. The molecule has 0 unspecified atom stereocenters. The summed E-state index contributed by atoms with van der Waals surface area (Å²) in [5.41, 5.74) is 0.107. The van der Waals surface area contributed by atoms with Gasteiger partial charge in [0, 0.05) is 19.2 Å². The molecule has 0 saturated carbocycles. The number of carboxylic acid groups (broad SMARTS) is 1. The van der Waals surface area contributed by atoms with Gasteiger partial charge in [0.05, 0.1) is 0 Å². The van der Waals surface area contributed by atoms with Crippen LogP contribution in [0.15, 0.2) is 18.2 Å². The van der Waals surface area contributed by atoms with Gasteiger partial charge in [0.2, 0.25) is 0 Å². The highest BCUT2D eigenvalue weighted by Gasteiger charge is 2.19. The number of halogens is 2. The summed E-state index contributed by atoms with van der Waals surface area (Å²) in [6, 6.07) is 2.33. The lowest BCUT2D eigenvalue weighted by Crippen LogP contribution is -2.31. The van der Waals surface area contributed by atoms with E-state index in [4.69, 9.17) is 5.11 Å². The third-order valence-electron chi connectivity index (χ3n) is 3.30. The zero-order valence-corrected chi connectivity index (χ0v) is 11.9. The second kappa shape index (κ2) is 7.03. The summed E-state index contributed by atoms with van der Waals surface area (Å²) in [5.74, 6) is -2.54. The third-order valence-corrected chi connectivity index (χ3v) is 3.30. The van der Waals surface area contributed by atoms with Crippen molar-refractivity contribution in [3.63, 3.8) is 0 Å². The highest BCUT2D eigenvalue weighted by molar-refractivity contribution is 5.85. The van der Waals surface area contributed by atoms with Crippen molar-refractivity contribution in [3.8, 4) is 0 Å². The van der Waals surface area contributed by atoms with E-state index in [-0.39, 0.29) is 17.3 Å². The minimum absolute atomic E-state index is 0.0550. The minimum atomic E-state index is -1.16. The Balaban J connectivity index is 3.14. The number of nitrogens with zero attached hydrogens (tertiary/aromatic N) is 1. The van der Waals surface area contributed by atoms with Crippen LogP contribution in [0.2, 0.25) is 0 Å². The van der Waals surface area contributed by atoms with E-state index in [9.17, 15) is 13.6 Å². The molecule has 0 spiro atoms. The van der Waals surface area contributed by atoms with Gasteiger partial charge in [-0.1, -0.05) is 13.8 Å². The topological polar surface area (TPSA) is 40.5 Å². The largest absolute Gasteiger partial charge is 0.478 e. The molecular weight excluding hydrogens is 264 g/mol. The fourth-order valence-corrected chi connectivity index (χ4v) is 2.20. The lowest BCUT2D eigenvalue weighted by Gasteiger charge is -2.29. The number of hydrogen-bond acceptors (Lipinski definition) is 2. The van der Waals surface area contributed by atoms with Crippen LogP contribution in [0.25, 0.3) is 6.08 Å². The molecule has 110 valence electrons. The van der Waals surface area contributed by atoms with Crippen molar-refractivity contribution >= 4 is 17.7 Å². The molecule has 5 heteroatoms. The predicted molar refractivity (Wildman–Crippen MR) is 75.8 cm³/mol. The van der Waals surface area contributed by atoms with E-state index in [0.29, 0.717) is 0 Å². The van der Waals surface area contributed by atoms with Gasteiger partial charge in [-0.25, -0.2) is 13.6 Å². The van der Waals surface area contributed by atoms with Crippen LogP contribution in [0.1, 0.15) is 32.3 Å². The number of anilines is 1. The van der Waals surface area contributed by atoms with Crippen LogP contribution in [-0.2, 0) is 4.79 Å². The van der Waals surface area contributed by atoms with Crippen molar-refractivity contribution < 1.29 is 18.7 Å². The van der Waals surface area contributed by atoms with Gasteiger partial charge in [-0.2, -0.15) is 0 Å². The average molecular weight is 283 g/mol. The van der Waals surface area contributed by atoms with Crippen molar-refractivity contribution in [1.82, 2.24) is 0 Å². The number of benzene rings is 1. The van der Waals surface area contributed by atoms with Gasteiger partial charge in [-0.3, -0.25) is 0 Å². The third kappa shape index (κ3) is 3.79. The molecule has 1 rings (SSSR count). The fraction of sp³-hybridized carbons (Fsp3) is 0.400. The van der Waals surface area contributed by atoms with Crippen LogP contribution in [0.3, 0.4) is 0 Å². The first-order valence-electron chi connectivity index (χ1n) is 6.53. The van der Waals surface area contributed by atoms with Gasteiger partial charge in [0.15, 0.2) is 0 Å². The van der Waals surface area contributed by atoms with E-state index >= 15 is 0 Å². The molecule has 0 atom stereocenters. The summed E-state index contributed by atoms with van der Waals surface area (Å²) in [6.07, 6.45) is 3.58. The van der Waals surface area contributed by atoms with Crippen LogP contribution in [0.5, 0.6) is 0 Å². The highest BCUT2D eigenvalue weighted by atomic mass is 19.1. The Labute approximate surface area is 117 Å². The van der Waals surface area contributed by atoms with E-state index < -0.39 is 17.6 Å².